The van der Waals surface area contributed by atoms with Crippen molar-refractivity contribution in [3.05, 3.63) is 23.9 Å². The topological polar surface area (TPSA) is 40.6 Å². The molecule has 0 radical (unpaired) electrons. The first kappa shape index (κ1) is 10.9. The molecule has 1 aromatic rings. The minimum atomic E-state index is -0.754. The van der Waals surface area contributed by atoms with E-state index in [4.69, 9.17) is 14.2 Å². The van der Waals surface area contributed by atoms with Crippen LogP contribution < -0.4 is 4.74 Å². The fraction of sp³-hybridized carbons (Fsp3) is 0.500. The Morgan fingerprint density at radius 2 is 1.86 bits per heavy atom. The molecule has 0 bridgehead atoms. The Kier molecular flexibility index (Phi) is 3.43. The van der Waals surface area contributed by atoms with Gasteiger partial charge in [0.1, 0.15) is 0 Å². The van der Waals surface area contributed by atoms with Gasteiger partial charge in [0.05, 0.1) is 7.11 Å². The molecular weight excluding hydrogens is 182 g/mol. The van der Waals surface area contributed by atoms with Crippen LogP contribution in [-0.2, 0) is 15.3 Å². The molecule has 0 spiro atoms. The van der Waals surface area contributed by atoms with E-state index in [1.54, 1.807) is 33.6 Å². The number of hydrogen-bond acceptors (Lipinski definition) is 4. The third kappa shape index (κ3) is 2.02. The Morgan fingerprint density at radius 1 is 1.21 bits per heavy atom. The van der Waals surface area contributed by atoms with Gasteiger partial charge < -0.3 is 14.2 Å². The van der Waals surface area contributed by atoms with Crippen molar-refractivity contribution in [1.29, 1.82) is 0 Å². The van der Waals surface area contributed by atoms with Gasteiger partial charge >= 0.3 is 0 Å². The van der Waals surface area contributed by atoms with Crippen molar-refractivity contribution in [3.8, 4) is 5.88 Å². The zero-order chi connectivity index (χ0) is 10.6. The molecule has 0 atom stereocenters. The van der Waals surface area contributed by atoms with E-state index in [0.717, 1.165) is 5.56 Å². The highest BCUT2D eigenvalue weighted by Crippen LogP contribution is 2.26. The molecular formula is C10H15NO3. The summed E-state index contributed by atoms with van der Waals surface area (Å²) in [5, 5.41) is 0. The molecule has 78 valence electrons. The predicted molar refractivity (Wildman–Crippen MR) is 52.2 cm³/mol. The van der Waals surface area contributed by atoms with Crippen molar-refractivity contribution in [1.82, 2.24) is 4.98 Å². The lowest BCUT2D eigenvalue weighted by atomic mass is 10.1. The van der Waals surface area contributed by atoms with Crippen LogP contribution in [0, 0.1) is 0 Å². The smallest absolute Gasteiger partial charge is 0.213 e. The molecule has 14 heavy (non-hydrogen) atoms. The zero-order valence-corrected chi connectivity index (χ0v) is 8.90. The number of hydrogen-bond donors (Lipinski definition) is 0. The Bertz CT molecular complexity index is 297. The van der Waals surface area contributed by atoms with E-state index in [1.165, 1.54) is 0 Å². The summed E-state index contributed by atoms with van der Waals surface area (Å²) in [5.41, 5.74) is 0.870. The normalized spacial score (nSPS) is 11.4. The van der Waals surface area contributed by atoms with Gasteiger partial charge in [-0.3, -0.25) is 0 Å². The molecule has 0 N–H and O–H groups in total. The average molecular weight is 197 g/mol. The van der Waals surface area contributed by atoms with Gasteiger partial charge in [-0.25, -0.2) is 4.98 Å². The van der Waals surface area contributed by atoms with Crippen LogP contribution >= 0.6 is 0 Å². The number of ether oxygens (including phenoxy) is 3. The van der Waals surface area contributed by atoms with E-state index in [0.29, 0.717) is 5.88 Å². The van der Waals surface area contributed by atoms with Crippen molar-refractivity contribution in [2.24, 2.45) is 0 Å². The predicted octanol–water partition coefficient (Wildman–Crippen LogP) is 1.56. The van der Waals surface area contributed by atoms with Crippen LogP contribution in [0.25, 0.3) is 0 Å². The summed E-state index contributed by atoms with van der Waals surface area (Å²) in [6.45, 7) is 1.84. The molecule has 0 fully saturated rings. The van der Waals surface area contributed by atoms with E-state index in [-0.39, 0.29) is 0 Å². The lowest BCUT2D eigenvalue weighted by Crippen LogP contribution is -2.26. The first-order chi connectivity index (χ1) is 6.66. The Hall–Kier alpha value is -1.13. The number of methoxy groups -OCH3 is 3. The van der Waals surface area contributed by atoms with E-state index in [1.807, 2.05) is 13.0 Å². The first-order valence-corrected chi connectivity index (χ1v) is 4.27. The monoisotopic (exact) mass is 197 g/mol. The van der Waals surface area contributed by atoms with E-state index >= 15 is 0 Å². The van der Waals surface area contributed by atoms with Crippen LogP contribution in [0.2, 0.25) is 0 Å². The van der Waals surface area contributed by atoms with Gasteiger partial charge in [0, 0.05) is 32.0 Å². The van der Waals surface area contributed by atoms with E-state index < -0.39 is 5.79 Å². The van der Waals surface area contributed by atoms with Gasteiger partial charge in [-0.1, -0.05) is 0 Å². The van der Waals surface area contributed by atoms with Crippen LogP contribution in [0.15, 0.2) is 18.3 Å². The molecule has 0 saturated carbocycles. The summed E-state index contributed by atoms with van der Waals surface area (Å²) in [7, 11) is 4.76. The Labute approximate surface area is 83.8 Å². The molecule has 0 aliphatic rings. The summed E-state index contributed by atoms with van der Waals surface area (Å²) >= 11 is 0. The number of aromatic nitrogens is 1. The lowest BCUT2D eigenvalue weighted by Gasteiger charge is -2.26. The first-order valence-electron chi connectivity index (χ1n) is 4.27. The number of nitrogens with zero attached hydrogens (tertiary/aromatic N) is 1. The summed E-state index contributed by atoms with van der Waals surface area (Å²) in [6, 6.07) is 3.61. The highest BCUT2D eigenvalue weighted by Gasteiger charge is 2.25. The molecule has 0 aliphatic carbocycles. The van der Waals surface area contributed by atoms with Crippen molar-refractivity contribution in [2.75, 3.05) is 21.3 Å². The minimum absolute atomic E-state index is 0.544. The van der Waals surface area contributed by atoms with Crippen molar-refractivity contribution in [3.63, 3.8) is 0 Å². The Balaban J connectivity index is 3.04. The molecule has 1 rings (SSSR count). The third-order valence-electron chi connectivity index (χ3n) is 2.25. The van der Waals surface area contributed by atoms with Crippen molar-refractivity contribution < 1.29 is 14.2 Å². The minimum Gasteiger partial charge on any atom is -0.481 e. The summed E-state index contributed by atoms with van der Waals surface area (Å²) in [4.78, 5) is 4.01. The molecule has 0 unspecified atom stereocenters. The van der Waals surface area contributed by atoms with Gasteiger partial charge in [-0.05, 0) is 13.0 Å². The maximum Gasteiger partial charge on any atom is 0.213 e. The standard InChI is InChI=1S/C10H15NO3/c1-10(13-3,14-4)8-5-6-11-9(7-8)12-2/h5-7H,1-4H3. The van der Waals surface area contributed by atoms with Gasteiger partial charge in [0.2, 0.25) is 5.88 Å². The largest absolute Gasteiger partial charge is 0.481 e. The molecule has 1 aromatic heterocycles. The lowest BCUT2D eigenvalue weighted by molar-refractivity contribution is -0.201. The molecule has 4 heteroatoms. The van der Waals surface area contributed by atoms with Crippen molar-refractivity contribution >= 4 is 0 Å². The highest BCUT2D eigenvalue weighted by atomic mass is 16.7. The average Bonchev–Trinajstić information content (AvgIpc) is 2.28. The van der Waals surface area contributed by atoms with Crippen LogP contribution in [-0.4, -0.2) is 26.3 Å². The van der Waals surface area contributed by atoms with Gasteiger partial charge in [0.25, 0.3) is 0 Å². The second kappa shape index (κ2) is 4.39. The fourth-order valence-electron chi connectivity index (χ4n) is 1.12. The Morgan fingerprint density at radius 3 is 2.36 bits per heavy atom. The zero-order valence-electron chi connectivity index (χ0n) is 8.90. The molecule has 0 aliphatic heterocycles. The van der Waals surface area contributed by atoms with E-state index in [2.05, 4.69) is 4.98 Å². The number of rotatable bonds is 4. The summed E-state index contributed by atoms with van der Waals surface area (Å²) in [6.07, 6.45) is 1.66. The molecule has 4 nitrogen and oxygen atoms in total. The summed E-state index contributed by atoms with van der Waals surface area (Å²) in [5.74, 6) is -0.209. The fourth-order valence-corrected chi connectivity index (χ4v) is 1.12. The SMILES string of the molecule is COc1cc(C(C)(OC)OC)ccn1. The van der Waals surface area contributed by atoms with Crippen LogP contribution in [0.5, 0.6) is 5.88 Å². The van der Waals surface area contributed by atoms with Crippen molar-refractivity contribution in [2.45, 2.75) is 12.7 Å². The maximum atomic E-state index is 5.27. The summed E-state index contributed by atoms with van der Waals surface area (Å²) < 4.78 is 15.6. The maximum absolute atomic E-state index is 5.27. The molecule has 0 amide bonds. The van der Waals surface area contributed by atoms with Crippen LogP contribution in [0.4, 0.5) is 0 Å². The van der Waals surface area contributed by atoms with Gasteiger partial charge in [-0.2, -0.15) is 0 Å². The molecule has 1 heterocycles. The van der Waals surface area contributed by atoms with Crippen LogP contribution in [0.1, 0.15) is 12.5 Å². The van der Waals surface area contributed by atoms with Gasteiger partial charge in [0.15, 0.2) is 5.79 Å². The second-order valence-electron chi connectivity index (χ2n) is 2.94. The van der Waals surface area contributed by atoms with Crippen LogP contribution in [0.3, 0.4) is 0 Å². The van der Waals surface area contributed by atoms with E-state index in [9.17, 15) is 0 Å². The third-order valence-corrected chi connectivity index (χ3v) is 2.25. The molecule has 0 saturated heterocycles. The quantitative estimate of drug-likeness (QED) is 0.687. The number of pyridine rings is 1. The van der Waals surface area contributed by atoms with Gasteiger partial charge in [-0.15, -0.1) is 0 Å². The second-order valence-corrected chi connectivity index (χ2v) is 2.94. The molecule has 0 aromatic carbocycles. The highest BCUT2D eigenvalue weighted by molar-refractivity contribution is 5.24.